The SMILES string of the molecule is CC(N)c1ccc(OCC(F)(F)C(F)F)nc1. The van der Waals surface area contributed by atoms with Gasteiger partial charge in [-0.05, 0) is 12.5 Å². The van der Waals surface area contributed by atoms with Crippen LogP contribution in [0.5, 0.6) is 5.88 Å². The number of hydrogen-bond donors (Lipinski definition) is 1. The topological polar surface area (TPSA) is 48.1 Å². The zero-order valence-corrected chi connectivity index (χ0v) is 9.04. The molecule has 0 saturated heterocycles. The van der Waals surface area contributed by atoms with E-state index in [1.807, 2.05) is 0 Å². The second-order valence-corrected chi connectivity index (χ2v) is 3.57. The fourth-order valence-electron chi connectivity index (χ4n) is 0.980. The maximum atomic E-state index is 12.5. The molecule has 0 saturated carbocycles. The van der Waals surface area contributed by atoms with Gasteiger partial charge in [0.25, 0.3) is 0 Å². The van der Waals surface area contributed by atoms with E-state index in [1.54, 1.807) is 6.92 Å². The lowest BCUT2D eigenvalue weighted by molar-refractivity contribution is -0.148. The summed E-state index contributed by atoms with van der Waals surface area (Å²) in [6, 6.07) is 2.59. The average Bonchev–Trinajstić information content (AvgIpc) is 2.27. The molecule has 2 N–H and O–H groups in total. The molecule has 0 aromatic carbocycles. The minimum atomic E-state index is -4.18. The summed E-state index contributed by atoms with van der Waals surface area (Å²) in [6.07, 6.45) is -2.41. The molecule has 1 aromatic heterocycles. The zero-order chi connectivity index (χ0) is 13.1. The van der Waals surface area contributed by atoms with Crippen molar-refractivity contribution in [2.24, 2.45) is 5.73 Å². The van der Waals surface area contributed by atoms with Crippen molar-refractivity contribution in [2.45, 2.75) is 25.3 Å². The Balaban J connectivity index is 2.59. The van der Waals surface area contributed by atoms with Crippen LogP contribution < -0.4 is 10.5 Å². The van der Waals surface area contributed by atoms with Gasteiger partial charge in [0.15, 0.2) is 6.61 Å². The van der Waals surface area contributed by atoms with Crippen molar-refractivity contribution in [1.29, 1.82) is 0 Å². The smallest absolute Gasteiger partial charge is 0.340 e. The van der Waals surface area contributed by atoms with E-state index in [9.17, 15) is 17.6 Å². The highest BCUT2D eigenvalue weighted by atomic mass is 19.3. The number of alkyl halides is 4. The number of hydrogen-bond acceptors (Lipinski definition) is 3. The monoisotopic (exact) mass is 252 g/mol. The van der Waals surface area contributed by atoms with Gasteiger partial charge >= 0.3 is 12.3 Å². The Morgan fingerprint density at radius 3 is 2.47 bits per heavy atom. The van der Waals surface area contributed by atoms with Crippen LogP contribution in [0.15, 0.2) is 18.3 Å². The zero-order valence-electron chi connectivity index (χ0n) is 9.04. The molecule has 1 unspecified atom stereocenters. The maximum absolute atomic E-state index is 12.5. The Hall–Kier alpha value is -1.37. The molecule has 0 aliphatic heterocycles. The van der Waals surface area contributed by atoms with Crippen molar-refractivity contribution in [2.75, 3.05) is 6.61 Å². The van der Waals surface area contributed by atoms with Crippen molar-refractivity contribution >= 4 is 0 Å². The lowest BCUT2D eigenvalue weighted by atomic mass is 10.2. The van der Waals surface area contributed by atoms with E-state index < -0.39 is 19.0 Å². The van der Waals surface area contributed by atoms with Crippen LogP contribution in [0.2, 0.25) is 0 Å². The summed E-state index contributed by atoms with van der Waals surface area (Å²) >= 11 is 0. The molecule has 0 radical (unpaired) electrons. The van der Waals surface area contributed by atoms with E-state index in [2.05, 4.69) is 9.72 Å². The number of pyridine rings is 1. The van der Waals surface area contributed by atoms with Gasteiger partial charge in [0, 0.05) is 18.3 Å². The quantitative estimate of drug-likeness (QED) is 0.818. The molecule has 1 atom stereocenters. The first-order chi connectivity index (χ1) is 7.83. The van der Waals surface area contributed by atoms with Crippen LogP contribution in [-0.2, 0) is 0 Å². The van der Waals surface area contributed by atoms with E-state index in [1.165, 1.54) is 18.3 Å². The van der Waals surface area contributed by atoms with Gasteiger partial charge in [-0.2, -0.15) is 8.78 Å². The molecule has 0 aliphatic carbocycles. The third-order valence-electron chi connectivity index (χ3n) is 2.02. The van der Waals surface area contributed by atoms with E-state index in [-0.39, 0.29) is 11.9 Å². The van der Waals surface area contributed by atoms with E-state index in [0.29, 0.717) is 5.56 Å². The van der Waals surface area contributed by atoms with Gasteiger partial charge in [-0.1, -0.05) is 6.07 Å². The van der Waals surface area contributed by atoms with Gasteiger partial charge < -0.3 is 10.5 Å². The van der Waals surface area contributed by atoms with E-state index >= 15 is 0 Å². The molecule has 1 rings (SSSR count). The third kappa shape index (κ3) is 3.85. The molecule has 1 heterocycles. The van der Waals surface area contributed by atoms with Crippen LogP contribution in [0.1, 0.15) is 18.5 Å². The first-order valence-electron chi connectivity index (χ1n) is 4.83. The first kappa shape index (κ1) is 13.7. The predicted octanol–water partition coefficient (Wildman–Crippen LogP) is 2.38. The summed E-state index contributed by atoms with van der Waals surface area (Å²) in [7, 11) is 0. The molecule has 17 heavy (non-hydrogen) atoms. The molecule has 7 heteroatoms. The van der Waals surface area contributed by atoms with Crippen LogP contribution in [0.3, 0.4) is 0 Å². The summed E-state index contributed by atoms with van der Waals surface area (Å²) in [4.78, 5) is 3.68. The summed E-state index contributed by atoms with van der Waals surface area (Å²) in [5.74, 6) is -4.32. The van der Waals surface area contributed by atoms with Crippen LogP contribution in [0, 0.1) is 0 Å². The standard InChI is InChI=1S/C10H12F4N2O/c1-6(15)7-2-3-8(16-4-7)17-5-10(13,14)9(11)12/h2-4,6,9H,5,15H2,1H3. The number of nitrogens with zero attached hydrogens (tertiary/aromatic N) is 1. The molecule has 0 spiro atoms. The van der Waals surface area contributed by atoms with Gasteiger partial charge in [0.1, 0.15) is 0 Å². The molecule has 0 fully saturated rings. The maximum Gasteiger partial charge on any atom is 0.340 e. The third-order valence-corrected chi connectivity index (χ3v) is 2.02. The molecular formula is C10H12F4N2O. The largest absolute Gasteiger partial charge is 0.471 e. The minimum absolute atomic E-state index is 0.144. The van der Waals surface area contributed by atoms with Gasteiger partial charge in [-0.3, -0.25) is 0 Å². The molecule has 0 aliphatic rings. The Morgan fingerprint density at radius 1 is 1.41 bits per heavy atom. The van der Waals surface area contributed by atoms with Crippen molar-refractivity contribution in [3.8, 4) is 5.88 Å². The molecule has 0 bridgehead atoms. The van der Waals surface area contributed by atoms with Crippen LogP contribution in [0.25, 0.3) is 0 Å². The van der Waals surface area contributed by atoms with Gasteiger partial charge in [0.2, 0.25) is 5.88 Å². The second kappa shape index (κ2) is 5.31. The average molecular weight is 252 g/mol. The predicted molar refractivity (Wildman–Crippen MR) is 53.3 cm³/mol. The van der Waals surface area contributed by atoms with Gasteiger partial charge in [0.05, 0.1) is 0 Å². The van der Waals surface area contributed by atoms with Crippen LogP contribution in [0.4, 0.5) is 17.6 Å². The number of ether oxygens (including phenoxy) is 1. The van der Waals surface area contributed by atoms with Gasteiger partial charge in [-0.15, -0.1) is 0 Å². The van der Waals surface area contributed by atoms with Crippen LogP contribution in [-0.4, -0.2) is 23.9 Å². The highest BCUT2D eigenvalue weighted by molar-refractivity contribution is 5.20. The molecule has 96 valence electrons. The summed E-state index contributed by atoms with van der Waals surface area (Å²) in [5.41, 5.74) is 6.24. The highest BCUT2D eigenvalue weighted by Gasteiger charge is 2.41. The second-order valence-electron chi connectivity index (χ2n) is 3.57. The van der Waals surface area contributed by atoms with Crippen LogP contribution >= 0.6 is 0 Å². The summed E-state index contributed by atoms with van der Waals surface area (Å²) in [6.45, 7) is 0.317. The van der Waals surface area contributed by atoms with Crippen molar-refractivity contribution < 1.29 is 22.3 Å². The molecular weight excluding hydrogens is 240 g/mol. The number of rotatable bonds is 5. The Bertz CT molecular complexity index is 354. The Morgan fingerprint density at radius 2 is 2.06 bits per heavy atom. The van der Waals surface area contributed by atoms with Crippen molar-refractivity contribution in [3.05, 3.63) is 23.9 Å². The fourth-order valence-corrected chi connectivity index (χ4v) is 0.980. The van der Waals surface area contributed by atoms with Gasteiger partial charge in [-0.25, -0.2) is 13.8 Å². The van der Waals surface area contributed by atoms with Crippen molar-refractivity contribution in [1.82, 2.24) is 4.98 Å². The fraction of sp³-hybridized carbons (Fsp3) is 0.500. The summed E-state index contributed by atoms with van der Waals surface area (Å²) < 4.78 is 53.2. The normalized spacial score (nSPS) is 13.8. The lowest BCUT2D eigenvalue weighted by Gasteiger charge is -2.15. The molecule has 3 nitrogen and oxygen atoms in total. The first-order valence-corrected chi connectivity index (χ1v) is 4.83. The molecule has 0 amide bonds. The van der Waals surface area contributed by atoms with Crippen molar-refractivity contribution in [3.63, 3.8) is 0 Å². The number of halogens is 4. The summed E-state index contributed by atoms with van der Waals surface area (Å²) in [5, 5.41) is 0. The molecule has 1 aromatic rings. The highest BCUT2D eigenvalue weighted by Crippen LogP contribution is 2.23. The lowest BCUT2D eigenvalue weighted by Crippen LogP contribution is -2.33. The van der Waals surface area contributed by atoms with E-state index in [0.717, 1.165) is 0 Å². The minimum Gasteiger partial charge on any atom is -0.471 e. The van der Waals surface area contributed by atoms with E-state index in [4.69, 9.17) is 5.73 Å². The Labute approximate surface area is 95.6 Å². The Kier molecular flexibility index (Phi) is 4.28. The number of aromatic nitrogens is 1. The number of nitrogens with two attached hydrogens (primary N) is 1.